The molecule has 0 aliphatic heterocycles. The first kappa shape index (κ1) is 14.5. The predicted octanol–water partition coefficient (Wildman–Crippen LogP) is 3.24. The predicted molar refractivity (Wildman–Crippen MR) is 76.6 cm³/mol. The fourth-order valence-corrected chi connectivity index (χ4v) is 2.53. The minimum absolute atomic E-state index is 0.314. The minimum Gasteiger partial charge on any atom is -0.465 e. The Morgan fingerprint density at radius 2 is 2.30 bits per heavy atom. The van der Waals surface area contributed by atoms with Gasteiger partial charge < -0.3 is 10.1 Å². The lowest BCUT2D eigenvalue weighted by atomic mass is 10.1. The van der Waals surface area contributed by atoms with Gasteiger partial charge in [-0.15, -0.1) is 11.3 Å². The molecule has 6 heteroatoms. The van der Waals surface area contributed by atoms with Crippen molar-refractivity contribution >= 4 is 23.0 Å². The molecule has 1 heterocycles. The van der Waals surface area contributed by atoms with Crippen molar-refractivity contribution < 1.29 is 13.9 Å². The molecule has 0 bridgehead atoms. The van der Waals surface area contributed by atoms with Crippen LogP contribution in [0.3, 0.4) is 0 Å². The summed E-state index contributed by atoms with van der Waals surface area (Å²) in [7, 11) is 1.30. The van der Waals surface area contributed by atoms with Gasteiger partial charge in [0.15, 0.2) is 0 Å². The highest BCUT2D eigenvalue weighted by Gasteiger charge is 2.12. The number of thiazole rings is 1. The lowest BCUT2D eigenvalue weighted by Gasteiger charge is -2.09. The molecular formula is C14H15FN2O2S. The number of ether oxygens (including phenoxy) is 1. The van der Waals surface area contributed by atoms with Crippen LogP contribution in [0.1, 0.15) is 27.2 Å². The summed E-state index contributed by atoms with van der Waals surface area (Å²) in [5, 5.41) is 4.10. The summed E-state index contributed by atoms with van der Waals surface area (Å²) in [5.74, 6) is -0.898. The Hall–Kier alpha value is -1.95. The molecule has 0 saturated carbocycles. The molecule has 0 saturated heterocycles. The molecule has 0 spiro atoms. The molecule has 1 N–H and O–H groups in total. The van der Waals surface area contributed by atoms with Crippen molar-refractivity contribution in [3.05, 3.63) is 45.7 Å². The molecule has 20 heavy (non-hydrogen) atoms. The van der Waals surface area contributed by atoms with E-state index in [2.05, 4.69) is 15.0 Å². The van der Waals surface area contributed by atoms with E-state index < -0.39 is 11.8 Å². The van der Waals surface area contributed by atoms with E-state index in [1.165, 1.54) is 25.3 Å². The minimum atomic E-state index is -0.494. The van der Waals surface area contributed by atoms with Crippen molar-refractivity contribution in [1.82, 2.24) is 4.98 Å². The normalized spacial score (nSPS) is 10.3. The number of carbonyl (C=O) groups is 1. The summed E-state index contributed by atoms with van der Waals surface area (Å²) in [6.45, 7) is 2.53. The van der Waals surface area contributed by atoms with E-state index in [1.54, 1.807) is 17.5 Å². The average molecular weight is 294 g/mol. The van der Waals surface area contributed by atoms with E-state index >= 15 is 0 Å². The first-order valence-electron chi connectivity index (χ1n) is 6.19. The van der Waals surface area contributed by atoms with Gasteiger partial charge in [-0.1, -0.05) is 6.92 Å². The fourth-order valence-electron chi connectivity index (χ4n) is 1.73. The summed E-state index contributed by atoms with van der Waals surface area (Å²) < 4.78 is 18.0. The van der Waals surface area contributed by atoms with Crippen molar-refractivity contribution in [1.29, 1.82) is 0 Å². The number of benzene rings is 1. The van der Waals surface area contributed by atoms with Gasteiger partial charge in [0, 0.05) is 11.1 Å². The highest BCUT2D eigenvalue weighted by Crippen LogP contribution is 2.21. The van der Waals surface area contributed by atoms with Crippen LogP contribution in [0.2, 0.25) is 0 Å². The van der Waals surface area contributed by atoms with Crippen molar-refractivity contribution in [3.8, 4) is 0 Å². The van der Waals surface area contributed by atoms with Gasteiger partial charge in [-0.2, -0.15) is 0 Å². The van der Waals surface area contributed by atoms with Crippen LogP contribution in [-0.4, -0.2) is 18.1 Å². The second-order valence-corrected chi connectivity index (χ2v) is 5.31. The monoisotopic (exact) mass is 294 g/mol. The Morgan fingerprint density at radius 3 is 2.95 bits per heavy atom. The molecule has 1 aromatic carbocycles. The van der Waals surface area contributed by atoms with E-state index in [1.807, 2.05) is 6.92 Å². The second kappa shape index (κ2) is 6.47. The van der Waals surface area contributed by atoms with Gasteiger partial charge in [0.2, 0.25) is 0 Å². The molecule has 4 nitrogen and oxygen atoms in total. The zero-order valence-electron chi connectivity index (χ0n) is 11.3. The van der Waals surface area contributed by atoms with Gasteiger partial charge in [0.25, 0.3) is 0 Å². The van der Waals surface area contributed by atoms with Crippen LogP contribution in [0.4, 0.5) is 10.1 Å². The Balaban J connectivity index is 2.15. The number of aromatic nitrogens is 1. The van der Waals surface area contributed by atoms with Crippen LogP contribution in [-0.2, 0) is 17.7 Å². The molecule has 106 valence electrons. The fraction of sp³-hybridized carbons (Fsp3) is 0.286. The standard InChI is InChI=1S/C14H15FN2O2S/c1-3-13-17-8-10(20-13)7-16-12-6-9(15)4-5-11(12)14(18)19-2/h4-6,8,16H,3,7H2,1-2H3. The summed E-state index contributed by atoms with van der Waals surface area (Å²) in [5.41, 5.74) is 0.734. The smallest absolute Gasteiger partial charge is 0.339 e. The number of halogens is 1. The topological polar surface area (TPSA) is 51.2 Å². The van der Waals surface area contributed by atoms with Gasteiger partial charge >= 0.3 is 5.97 Å². The quantitative estimate of drug-likeness (QED) is 0.860. The maximum atomic E-state index is 13.3. The number of rotatable bonds is 5. The Morgan fingerprint density at radius 1 is 1.50 bits per heavy atom. The molecule has 2 rings (SSSR count). The summed E-state index contributed by atoms with van der Waals surface area (Å²) in [6.07, 6.45) is 2.67. The zero-order valence-corrected chi connectivity index (χ0v) is 12.1. The number of carbonyl (C=O) groups excluding carboxylic acids is 1. The molecule has 0 aliphatic rings. The molecule has 0 atom stereocenters. The van der Waals surface area contributed by atoms with Crippen LogP contribution in [0.25, 0.3) is 0 Å². The third-order valence-corrected chi connectivity index (χ3v) is 3.89. The molecule has 0 aliphatic carbocycles. The molecule has 0 fully saturated rings. The first-order chi connectivity index (χ1) is 9.63. The molecule has 1 aromatic heterocycles. The summed E-state index contributed by atoms with van der Waals surface area (Å²) in [4.78, 5) is 16.9. The van der Waals surface area contributed by atoms with Crippen LogP contribution in [0, 0.1) is 5.82 Å². The van der Waals surface area contributed by atoms with Gasteiger partial charge in [-0.25, -0.2) is 14.2 Å². The molecule has 0 amide bonds. The van der Waals surface area contributed by atoms with Crippen LogP contribution in [0.5, 0.6) is 0 Å². The third kappa shape index (κ3) is 3.33. The summed E-state index contributed by atoms with van der Waals surface area (Å²) >= 11 is 1.59. The number of anilines is 1. The summed E-state index contributed by atoms with van der Waals surface area (Å²) in [6, 6.07) is 3.93. The second-order valence-electron chi connectivity index (χ2n) is 4.11. The van der Waals surface area contributed by atoms with Crippen molar-refractivity contribution in [2.75, 3.05) is 12.4 Å². The number of nitrogens with one attached hydrogen (secondary N) is 1. The van der Waals surface area contributed by atoms with Crippen LogP contribution in [0.15, 0.2) is 24.4 Å². The SMILES string of the molecule is CCc1ncc(CNc2cc(F)ccc2C(=O)OC)s1. The zero-order chi connectivity index (χ0) is 14.5. The van der Waals surface area contributed by atoms with Crippen LogP contribution < -0.4 is 5.32 Å². The number of hydrogen-bond acceptors (Lipinski definition) is 5. The Kier molecular flexibility index (Phi) is 4.68. The number of aryl methyl sites for hydroxylation is 1. The lowest BCUT2D eigenvalue weighted by molar-refractivity contribution is 0.0602. The highest BCUT2D eigenvalue weighted by molar-refractivity contribution is 7.11. The highest BCUT2D eigenvalue weighted by atomic mass is 32.1. The molecule has 0 unspecified atom stereocenters. The lowest BCUT2D eigenvalue weighted by Crippen LogP contribution is -2.08. The number of esters is 1. The van der Waals surface area contributed by atoms with Gasteiger partial charge in [0.1, 0.15) is 5.82 Å². The number of methoxy groups -OCH3 is 1. The van der Waals surface area contributed by atoms with Gasteiger partial charge in [-0.05, 0) is 24.6 Å². The third-order valence-electron chi connectivity index (χ3n) is 2.74. The van der Waals surface area contributed by atoms with Crippen molar-refractivity contribution in [2.24, 2.45) is 0 Å². The van der Waals surface area contributed by atoms with E-state index in [-0.39, 0.29) is 0 Å². The first-order valence-corrected chi connectivity index (χ1v) is 7.01. The molecule has 2 aromatic rings. The maximum absolute atomic E-state index is 13.3. The van der Waals surface area contributed by atoms with E-state index in [0.29, 0.717) is 17.8 Å². The van der Waals surface area contributed by atoms with Gasteiger partial charge in [-0.3, -0.25) is 0 Å². The molecule has 0 radical (unpaired) electrons. The average Bonchev–Trinajstić information content (AvgIpc) is 2.92. The van der Waals surface area contributed by atoms with E-state index in [9.17, 15) is 9.18 Å². The van der Waals surface area contributed by atoms with E-state index in [0.717, 1.165) is 16.3 Å². The Labute approximate surface area is 120 Å². The van der Waals surface area contributed by atoms with Gasteiger partial charge in [0.05, 0.1) is 29.9 Å². The number of hydrogen-bond donors (Lipinski definition) is 1. The van der Waals surface area contributed by atoms with Crippen molar-refractivity contribution in [2.45, 2.75) is 19.9 Å². The van der Waals surface area contributed by atoms with Crippen LogP contribution >= 0.6 is 11.3 Å². The Bertz CT molecular complexity index is 613. The number of nitrogens with zero attached hydrogens (tertiary/aromatic N) is 1. The molecular weight excluding hydrogens is 279 g/mol. The van der Waals surface area contributed by atoms with E-state index in [4.69, 9.17) is 0 Å². The van der Waals surface area contributed by atoms with Crippen molar-refractivity contribution in [3.63, 3.8) is 0 Å². The maximum Gasteiger partial charge on any atom is 0.339 e. The largest absolute Gasteiger partial charge is 0.465 e.